The van der Waals surface area contributed by atoms with E-state index in [1.54, 1.807) is 0 Å². The maximum Gasteiger partial charge on any atom is 0.241 e. The van der Waals surface area contributed by atoms with E-state index < -0.39 is 0 Å². The van der Waals surface area contributed by atoms with Gasteiger partial charge in [-0.1, -0.05) is 16.9 Å². The van der Waals surface area contributed by atoms with Crippen molar-refractivity contribution < 1.29 is 10.0 Å². The number of nitrogens with zero attached hydrogens (tertiary/aromatic N) is 1. The summed E-state index contributed by atoms with van der Waals surface area (Å²) in [7, 11) is 0. The van der Waals surface area contributed by atoms with Gasteiger partial charge in [0.05, 0.1) is 0 Å². The molecule has 10 heavy (non-hydrogen) atoms. The van der Waals surface area contributed by atoms with Crippen LogP contribution in [-0.2, 0) is 4.79 Å². The minimum Gasteiger partial charge on any atom is -0.410 e. The van der Waals surface area contributed by atoms with Crippen LogP contribution in [0.5, 0.6) is 0 Å². The van der Waals surface area contributed by atoms with Crippen molar-refractivity contribution in [1.29, 1.82) is 0 Å². The minimum atomic E-state index is -0.367. The molecule has 1 heterocycles. The molecule has 1 aliphatic rings. The largest absolute Gasteiger partial charge is 0.410 e. The molecule has 4 nitrogen and oxygen atoms in total. The number of amides is 1. The molecule has 0 aromatic heterocycles. The van der Waals surface area contributed by atoms with E-state index in [4.69, 9.17) is 10.9 Å². The maximum absolute atomic E-state index is 10.5. The predicted octanol–water partition coefficient (Wildman–Crippen LogP) is 0.0655. The molecule has 0 saturated carbocycles. The SMILES string of the molecule is NC(=O)C1SCC(=NO)S1. The van der Waals surface area contributed by atoms with Gasteiger partial charge in [0.25, 0.3) is 0 Å². The second-order valence-corrected chi connectivity index (χ2v) is 4.23. The third-order valence-corrected chi connectivity index (χ3v) is 3.74. The zero-order valence-electron chi connectivity index (χ0n) is 4.98. The van der Waals surface area contributed by atoms with Crippen molar-refractivity contribution in [3.05, 3.63) is 0 Å². The molecule has 6 heteroatoms. The topological polar surface area (TPSA) is 75.7 Å². The fraction of sp³-hybridized carbons (Fsp3) is 0.500. The van der Waals surface area contributed by atoms with Gasteiger partial charge in [-0.15, -0.1) is 11.8 Å². The van der Waals surface area contributed by atoms with Gasteiger partial charge < -0.3 is 10.9 Å². The normalized spacial score (nSPS) is 29.2. The van der Waals surface area contributed by atoms with Gasteiger partial charge in [-0.2, -0.15) is 0 Å². The number of oxime groups is 1. The summed E-state index contributed by atoms with van der Waals surface area (Å²) < 4.78 is -0.272. The lowest BCUT2D eigenvalue weighted by atomic mass is 10.8. The highest BCUT2D eigenvalue weighted by Gasteiger charge is 2.26. The van der Waals surface area contributed by atoms with Crippen molar-refractivity contribution in [3.63, 3.8) is 0 Å². The van der Waals surface area contributed by atoms with Gasteiger partial charge in [0, 0.05) is 5.75 Å². The third-order valence-electron chi connectivity index (χ3n) is 0.945. The van der Waals surface area contributed by atoms with Gasteiger partial charge in [0.2, 0.25) is 5.91 Å². The van der Waals surface area contributed by atoms with Crippen LogP contribution in [0.2, 0.25) is 0 Å². The van der Waals surface area contributed by atoms with Crippen LogP contribution < -0.4 is 5.73 Å². The summed E-state index contributed by atoms with van der Waals surface area (Å²) in [5.41, 5.74) is 5.00. The average molecular weight is 178 g/mol. The Morgan fingerprint density at radius 3 is 2.90 bits per heavy atom. The molecule has 3 N–H and O–H groups in total. The Bertz CT molecular complexity index is 182. The van der Waals surface area contributed by atoms with E-state index in [1.165, 1.54) is 23.5 Å². The Labute approximate surface area is 66.2 Å². The molecule has 1 aliphatic heterocycles. The summed E-state index contributed by atoms with van der Waals surface area (Å²) in [5.74, 6) is 0.211. The lowest BCUT2D eigenvalue weighted by molar-refractivity contribution is -0.116. The van der Waals surface area contributed by atoms with Crippen LogP contribution in [-0.4, -0.2) is 26.5 Å². The molecule has 1 atom stereocenters. The summed E-state index contributed by atoms with van der Waals surface area (Å²) in [6.07, 6.45) is 0. The van der Waals surface area contributed by atoms with Crippen molar-refractivity contribution in [1.82, 2.24) is 0 Å². The lowest BCUT2D eigenvalue weighted by Crippen LogP contribution is -2.20. The standard InChI is InChI=1S/C4H6N2O2S2/c5-3(7)4-9-1-2(6-8)10-4/h4,8H,1H2,(H2,5,7). The average Bonchev–Trinajstić information content (AvgIpc) is 2.34. The molecular formula is C4H6N2O2S2. The van der Waals surface area contributed by atoms with Gasteiger partial charge >= 0.3 is 0 Å². The third kappa shape index (κ3) is 1.57. The molecule has 0 bridgehead atoms. The monoisotopic (exact) mass is 178 g/mol. The molecule has 1 rings (SSSR count). The van der Waals surface area contributed by atoms with E-state index in [9.17, 15) is 4.79 Å². The molecular weight excluding hydrogens is 172 g/mol. The molecule has 0 aromatic rings. The molecule has 56 valence electrons. The van der Waals surface area contributed by atoms with Gasteiger partial charge in [-0.05, 0) is 0 Å². The zero-order valence-corrected chi connectivity index (χ0v) is 6.61. The van der Waals surface area contributed by atoms with Gasteiger partial charge in [0.15, 0.2) is 0 Å². The first-order valence-corrected chi connectivity index (χ1v) is 4.45. The van der Waals surface area contributed by atoms with E-state index >= 15 is 0 Å². The fourth-order valence-electron chi connectivity index (χ4n) is 0.531. The predicted molar refractivity (Wildman–Crippen MR) is 42.3 cm³/mol. The minimum absolute atomic E-state index is 0.272. The van der Waals surface area contributed by atoms with E-state index in [2.05, 4.69) is 5.16 Å². The van der Waals surface area contributed by atoms with Crippen LogP contribution in [0.3, 0.4) is 0 Å². The van der Waals surface area contributed by atoms with E-state index in [-0.39, 0.29) is 10.5 Å². The quantitative estimate of drug-likeness (QED) is 0.440. The van der Waals surface area contributed by atoms with Crippen molar-refractivity contribution in [2.45, 2.75) is 4.58 Å². The molecule has 0 radical (unpaired) electrons. The van der Waals surface area contributed by atoms with Crippen LogP contribution in [0.25, 0.3) is 0 Å². The highest BCUT2D eigenvalue weighted by atomic mass is 32.2. The van der Waals surface area contributed by atoms with E-state index in [1.807, 2.05) is 0 Å². The number of rotatable bonds is 1. The lowest BCUT2D eigenvalue weighted by Gasteiger charge is -1.97. The fourth-order valence-corrected chi connectivity index (χ4v) is 2.74. The number of carbonyl (C=O) groups is 1. The Kier molecular flexibility index (Phi) is 2.44. The van der Waals surface area contributed by atoms with Crippen molar-refractivity contribution in [2.75, 3.05) is 5.75 Å². The summed E-state index contributed by atoms with van der Waals surface area (Å²) in [5, 5.41) is 11.8. The summed E-state index contributed by atoms with van der Waals surface area (Å²) in [6.45, 7) is 0. The number of primary amides is 1. The van der Waals surface area contributed by atoms with Crippen molar-refractivity contribution in [2.24, 2.45) is 10.9 Å². The van der Waals surface area contributed by atoms with Crippen LogP contribution in [0.15, 0.2) is 5.16 Å². The number of thioether (sulfide) groups is 2. The van der Waals surface area contributed by atoms with Gasteiger partial charge in [-0.25, -0.2) is 0 Å². The molecule has 0 aliphatic carbocycles. The Morgan fingerprint density at radius 1 is 1.90 bits per heavy atom. The summed E-state index contributed by atoms with van der Waals surface area (Å²) >= 11 is 2.59. The number of hydrogen-bond donors (Lipinski definition) is 2. The van der Waals surface area contributed by atoms with Gasteiger partial charge in [0.1, 0.15) is 9.63 Å². The first kappa shape index (κ1) is 7.74. The molecule has 1 amide bonds. The van der Waals surface area contributed by atoms with Crippen molar-refractivity contribution >= 4 is 34.5 Å². The second-order valence-electron chi connectivity index (χ2n) is 1.66. The second kappa shape index (κ2) is 3.16. The molecule has 1 fully saturated rings. The number of hydrogen-bond acceptors (Lipinski definition) is 5. The molecule has 0 aromatic carbocycles. The Balaban J connectivity index is 2.51. The summed E-state index contributed by atoms with van der Waals surface area (Å²) in [4.78, 5) is 10.5. The smallest absolute Gasteiger partial charge is 0.241 e. The van der Waals surface area contributed by atoms with Crippen LogP contribution in [0, 0.1) is 0 Å². The van der Waals surface area contributed by atoms with Gasteiger partial charge in [-0.3, -0.25) is 4.79 Å². The molecule has 0 spiro atoms. The van der Waals surface area contributed by atoms with Crippen LogP contribution in [0.4, 0.5) is 0 Å². The van der Waals surface area contributed by atoms with Crippen LogP contribution in [0.1, 0.15) is 0 Å². The maximum atomic E-state index is 10.5. The highest BCUT2D eigenvalue weighted by Crippen LogP contribution is 2.33. The van der Waals surface area contributed by atoms with Crippen molar-refractivity contribution in [3.8, 4) is 0 Å². The Hall–Kier alpha value is -0.360. The first-order valence-electron chi connectivity index (χ1n) is 2.52. The van der Waals surface area contributed by atoms with Crippen LogP contribution >= 0.6 is 23.5 Å². The number of nitrogens with two attached hydrogens (primary N) is 1. The first-order chi connectivity index (χ1) is 4.74. The summed E-state index contributed by atoms with van der Waals surface area (Å²) in [6, 6.07) is 0. The van der Waals surface area contributed by atoms with E-state index in [0.717, 1.165) is 0 Å². The van der Waals surface area contributed by atoms with E-state index in [0.29, 0.717) is 10.8 Å². The zero-order chi connectivity index (χ0) is 7.56. The molecule has 1 unspecified atom stereocenters. The number of carbonyl (C=O) groups excluding carboxylic acids is 1. The molecule has 1 saturated heterocycles. The Morgan fingerprint density at radius 2 is 2.60 bits per heavy atom. The highest BCUT2D eigenvalue weighted by molar-refractivity contribution is 8.30.